The van der Waals surface area contributed by atoms with Crippen LogP contribution >= 0.6 is 0 Å². The fourth-order valence-corrected chi connectivity index (χ4v) is 14.3. The van der Waals surface area contributed by atoms with Gasteiger partial charge in [-0.05, 0) is 91.5 Å². The van der Waals surface area contributed by atoms with Crippen LogP contribution in [0.5, 0.6) is 0 Å². The zero-order chi connectivity index (χ0) is 42.5. The van der Waals surface area contributed by atoms with Gasteiger partial charge in [-0.15, -0.1) is 0 Å². The lowest BCUT2D eigenvalue weighted by Crippen LogP contribution is -2.74. The zero-order valence-corrected chi connectivity index (χ0v) is 33.9. The molecule has 0 aliphatic carbocycles. The quantitative estimate of drug-likeness (QED) is 0.113. The van der Waals surface area contributed by atoms with Gasteiger partial charge in [0.2, 0.25) is 0 Å². The van der Waals surface area contributed by atoms with Crippen LogP contribution in [0.15, 0.2) is 225 Å². The van der Waals surface area contributed by atoms with Crippen molar-refractivity contribution in [2.75, 3.05) is 23.4 Å². The molecule has 3 heterocycles. The molecule has 0 amide bonds. The summed E-state index contributed by atoms with van der Waals surface area (Å²) < 4.78 is 27.6. The third-order valence-electron chi connectivity index (χ3n) is 12.2. The van der Waals surface area contributed by atoms with Crippen LogP contribution in [0.1, 0.15) is 4.11 Å². The highest BCUT2D eigenvalue weighted by Crippen LogP contribution is 2.40. The van der Waals surface area contributed by atoms with Crippen molar-refractivity contribution in [3.63, 3.8) is 0 Å². The topological polar surface area (TPSA) is 24.3 Å². The minimum Gasteiger partial charge on any atom is -0.355 e. The lowest BCUT2D eigenvalue weighted by molar-refractivity contribution is 0.950. The molecule has 0 spiro atoms. The summed E-state index contributed by atoms with van der Waals surface area (Å²) >= 11 is 0. The Morgan fingerprint density at radius 2 is 1.07 bits per heavy atom. The molecule has 0 fully saturated rings. The van der Waals surface area contributed by atoms with E-state index in [9.17, 15) is 0 Å². The first-order chi connectivity index (χ1) is 30.9. The molecule has 2 aromatic heterocycles. The number of anilines is 3. The van der Waals surface area contributed by atoms with Crippen LogP contribution in [-0.2, 0) is 0 Å². The second-order valence-electron chi connectivity index (χ2n) is 15.4. The highest BCUT2D eigenvalue weighted by Gasteiger charge is 2.42. The number of benzene rings is 8. The molecule has 0 bridgehead atoms. The Hall–Kier alpha value is -7.47. The number of pyridine rings is 1. The van der Waals surface area contributed by atoms with Crippen molar-refractivity contribution in [3.8, 4) is 28.1 Å². The standard InChI is InChI=1S/C55H42N4Si/c1-57-39-58(53-31-16-15-30-52(53)57)42-20-17-25-45(37-42)60(43-21-7-3-8-22-43,44-23-9-4-10-24-44)46-32-33-50-49-28-13-14-29-51(49)59(54(50)38-46)55-36-41(34-35-56-55)48-27-12-11-26-47(48)40-18-5-2-6-19-40/h2-38H,39H2,1H3/i1D3. The predicted molar refractivity (Wildman–Crippen MR) is 255 cm³/mol. The first-order valence-corrected chi connectivity index (χ1v) is 22.4. The Morgan fingerprint density at radius 1 is 0.467 bits per heavy atom. The van der Waals surface area contributed by atoms with Crippen LogP contribution in [0, 0.1) is 0 Å². The lowest BCUT2D eigenvalue weighted by atomic mass is 9.95. The van der Waals surface area contributed by atoms with Crippen LogP contribution in [0.2, 0.25) is 0 Å². The summed E-state index contributed by atoms with van der Waals surface area (Å²) in [5, 5.41) is 7.24. The summed E-state index contributed by atoms with van der Waals surface area (Å²) in [6.07, 6.45) is 1.93. The average molecular weight is 790 g/mol. The van der Waals surface area contributed by atoms with Crippen molar-refractivity contribution in [2.45, 2.75) is 0 Å². The molecule has 0 N–H and O–H groups in total. The normalized spacial score (nSPS) is 13.6. The molecule has 5 heteroatoms. The minimum atomic E-state index is -3.11. The van der Waals surface area contributed by atoms with Gasteiger partial charge >= 0.3 is 0 Å². The largest absolute Gasteiger partial charge is 0.355 e. The zero-order valence-electron chi connectivity index (χ0n) is 35.9. The monoisotopic (exact) mass is 789 g/mol. The molecule has 0 atom stereocenters. The second kappa shape index (κ2) is 14.7. The van der Waals surface area contributed by atoms with Gasteiger partial charge < -0.3 is 9.80 Å². The van der Waals surface area contributed by atoms with Crippen LogP contribution < -0.4 is 30.5 Å². The molecule has 0 saturated heterocycles. The fourth-order valence-electron chi connectivity index (χ4n) is 9.48. The molecule has 286 valence electrons. The van der Waals surface area contributed by atoms with E-state index in [-0.39, 0.29) is 6.67 Å². The SMILES string of the molecule is [2H]C([2H])([2H])N1CN(c2cccc([Si](c3ccccc3)(c3ccccc3)c3ccc4c5ccccc5n(-c5cc(-c6ccccc6-c6ccccc6)ccn5)c4c3)c2)c2ccccc21. The molecule has 8 aromatic carbocycles. The van der Waals surface area contributed by atoms with E-state index < -0.39 is 15.0 Å². The van der Waals surface area contributed by atoms with Gasteiger partial charge in [-0.1, -0.05) is 170 Å². The van der Waals surface area contributed by atoms with Crippen LogP contribution in [0.4, 0.5) is 17.1 Å². The Morgan fingerprint density at radius 3 is 1.82 bits per heavy atom. The number of hydrogen-bond donors (Lipinski definition) is 0. The molecule has 60 heavy (non-hydrogen) atoms. The molecule has 1 aliphatic rings. The Labute approximate surface area is 356 Å². The summed E-state index contributed by atoms with van der Waals surface area (Å²) in [5.74, 6) is 0.846. The Balaban J connectivity index is 1.15. The summed E-state index contributed by atoms with van der Waals surface area (Å²) in [6, 6.07) is 77.7. The second-order valence-corrected chi connectivity index (χ2v) is 19.2. The van der Waals surface area contributed by atoms with Gasteiger partial charge in [-0.25, -0.2) is 4.98 Å². The summed E-state index contributed by atoms with van der Waals surface area (Å²) in [6.45, 7) is -2.07. The minimum absolute atomic E-state index is 0.221. The average Bonchev–Trinajstić information content (AvgIpc) is 3.90. The maximum absolute atomic E-state index is 8.41. The molecular weight excluding hydrogens is 745 g/mol. The molecule has 0 radical (unpaired) electrons. The van der Waals surface area contributed by atoms with Gasteiger partial charge in [0.15, 0.2) is 8.07 Å². The van der Waals surface area contributed by atoms with Crippen LogP contribution in [0.25, 0.3) is 49.9 Å². The molecular formula is C55H42N4Si. The van der Waals surface area contributed by atoms with Crippen molar-refractivity contribution in [2.24, 2.45) is 0 Å². The highest BCUT2D eigenvalue weighted by atomic mass is 28.3. The fraction of sp³-hybridized carbons (Fsp3) is 0.0364. The summed E-state index contributed by atoms with van der Waals surface area (Å²) in [4.78, 5) is 8.75. The van der Waals surface area contributed by atoms with Crippen LogP contribution in [0.3, 0.4) is 0 Å². The van der Waals surface area contributed by atoms with E-state index in [1.807, 2.05) is 30.5 Å². The first-order valence-electron chi connectivity index (χ1n) is 21.9. The Kier molecular flexibility index (Phi) is 7.97. The molecule has 11 rings (SSSR count). The van der Waals surface area contributed by atoms with Gasteiger partial charge in [-0.2, -0.15) is 0 Å². The van der Waals surface area contributed by atoms with Crippen molar-refractivity contribution in [1.82, 2.24) is 9.55 Å². The number of aromatic nitrogens is 2. The first kappa shape index (κ1) is 32.5. The smallest absolute Gasteiger partial charge is 0.179 e. The maximum Gasteiger partial charge on any atom is 0.179 e. The van der Waals surface area contributed by atoms with E-state index in [1.165, 1.54) is 36.8 Å². The van der Waals surface area contributed by atoms with E-state index in [4.69, 9.17) is 9.10 Å². The third kappa shape index (κ3) is 5.77. The Bertz CT molecular complexity index is 3240. The van der Waals surface area contributed by atoms with E-state index in [2.05, 4.69) is 204 Å². The van der Waals surface area contributed by atoms with Crippen molar-refractivity contribution in [3.05, 3.63) is 225 Å². The van der Waals surface area contributed by atoms with Crippen molar-refractivity contribution < 1.29 is 4.11 Å². The number of hydrogen-bond acceptors (Lipinski definition) is 3. The number of para-hydroxylation sites is 3. The maximum atomic E-state index is 8.41. The number of fused-ring (bicyclic) bond motifs is 4. The molecule has 10 aromatic rings. The van der Waals surface area contributed by atoms with Gasteiger partial charge in [0, 0.05) is 33.7 Å². The number of rotatable bonds is 8. The molecule has 0 unspecified atom stereocenters. The van der Waals surface area contributed by atoms with E-state index >= 15 is 0 Å². The third-order valence-corrected chi connectivity index (χ3v) is 16.9. The lowest BCUT2D eigenvalue weighted by Gasteiger charge is -2.35. The van der Waals surface area contributed by atoms with E-state index in [0.717, 1.165) is 50.1 Å². The molecule has 1 aliphatic heterocycles. The van der Waals surface area contributed by atoms with Gasteiger partial charge in [0.25, 0.3) is 0 Å². The van der Waals surface area contributed by atoms with Gasteiger partial charge in [0.1, 0.15) is 5.82 Å². The highest BCUT2D eigenvalue weighted by molar-refractivity contribution is 7.20. The van der Waals surface area contributed by atoms with Crippen LogP contribution in [-0.4, -0.2) is 31.3 Å². The number of nitrogens with zero attached hydrogens (tertiary/aromatic N) is 4. The van der Waals surface area contributed by atoms with E-state index in [0.29, 0.717) is 5.69 Å². The summed E-state index contributed by atoms with van der Waals surface area (Å²) in [7, 11) is -3.11. The molecule has 4 nitrogen and oxygen atoms in total. The van der Waals surface area contributed by atoms with Gasteiger partial charge in [0.05, 0.1) is 29.1 Å². The van der Waals surface area contributed by atoms with E-state index in [1.54, 1.807) is 0 Å². The van der Waals surface area contributed by atoms with Crippen molar-refractivity contribution in [1.29, 1.82) is 0 Å². The predicted octanol–water partition coefficient (Wildman–Crippen LogP) is 10.4. The summed E-state index contributed by atoms with van der Waals surface area (Å²) in [5.41, 5.74) is 9.29. The van der Waals surface area contributed by atoms with Crippen molar-refractivity contribution >= 4 is 67.7 Å². The molecule has 0 saturated carbocycles. The van der Waals surface area contributed by atoms with Gasteiger partial charge in [-0.3, -0.25) is 4.57 Å².